The third-order valence-corrected chi connectivity index (χ3v) is 7.07. The maximum Gasteiger partial charge on any atom is 0.303 e. The molecule has 2 amide bonds. The summed E-state index contributed by atoms with van der Waals surface area (Å²) in [5.74, 6) is -1.16. The van der Waals surface area contributed by atoms with Gasteiger partial charge < -0.3 is 10.1 Å². The van der Waals surface area contributed by atoms with Gasteiger partial charge in [0.2, 0.25) is 22.3 Å². The summed E-state index contributed by atoms with van der Waals surface area (Å²) >= 11 is 2.65. The molecule has 0 saturated heterocycles. The highest BCUT2D eigenvalue weighted by Crippen LogP contribution is 2.23. The topological polar surface area (TPSA) is 136 Å². The number of anilines is 2. The van der Waals surface area contributed by atoms with Crippen LogP contribution < -0.4 is 10.6 Å². The maximum absolute atomic E-state index is 12.7. The molecule has 4 aromatic rings. The molecule has 0 spiro atoms. The van der Waals surface area contributed by atoms with Crippen molar-refractivity contribution >= 4 is 50.7 Å². The highest BCUT2D eigenvalue weighted by Gasteiger charge is 2.25. The third kappa shape index (κ3) is 8.25. The normalized spacial score (nSPS) is 11.5. The van der Waals surface area contributed by atoms with Crippen molar-refractivity contribution in [3.63, 3.8) is 0 Å². The summed E-state index contributed by atoms with van der Waals surface area (Å²) in [6.07, 6.45) is 2.35. The van der Waals surface area contributed by atoms with E-state index in [0.29, 0.717) is 22.2 Å². The molecule has 196 valence electrons. The van der Waals surface area contributed by atoms with Crippen LogP contribution in [-0.4, -0.2) is 38.2 Å². The Hall–Kier alpha value is -4.03. The Labute approximate surface area is 227 Å². The molecule has 0 bridgehead atoms. The number of hydrogen-bond acceptors (Lipinski definition) is 10. The molecule has 2 aromatic heterocycles. The first kappa shape index (κ1) is 27.0. The van der Waals surface area contributed by atoms with Crippen molar-refractivity contribution < 1.29 is 19.1 Å². The van der Waals surface area contributed by atoms with Gasteiger partial charge in [-0.2, -0.15) is 0 Å². The van der Waals surface area contributed by atoms with Gasteiger partial charge in [0.25, 0.3) is 5.91 Å². The number of amides is 2. The standard InChI is InChI=1S/C26H26N6O4S2/c1-17(33)36-23(19-12-6-3-7-13-19)24(35)28-26-32-30-22(38-26)15-9-8-14-21-29-31-25(37-21)27-20(34)16-18-10-4-2-5-11-18/h2-7,10-13,23H,8-9,14-16H2,1H3,(H,27,31,34)(H,28,32,35). The number of hydrogen-bond donors (Lipinski definition) is 2. The van der Waals surface area contributed by atoms with Crippen LogP contribution in [0.1, 0.15) is 47.0 Å². The zero-order valence-corrected chi connectivity index (χ0v) is 22.3. The number of unbranched alkanes of at least 4 members (excludes halogenated alkanes) is 1. The van der Waals surface area contributed by atoms with Crippen LogP contribution in [0, 0.1) is 0 Å². The average molecular weight is 551 g/mol. The molecule has 2 heterocycles. The van der Waals surface area contributed by atoms with Crippen molar-refractivity contribution in [3.05, 3.63) is 81.8 Å². The van der Waals surface area contributed by atoms with Crippen LogP contribution in [-0.2, 0) is 38.4 Å². The second kappa shape index (κ2) is 13.5. The Morgan fingerprint density at radius 3 is 1.92 bits per heavy atom. The molecule has 38 heavy (non-hydrogen) atoms. The van der Waals surface area contributed by atoms with E-state index in [2.05, 4.69) is 31.0 Å². The predicted octanol–water partition coefficient (Wildman–Crippen LogP) is 4.38. The zero-order valence-electron chi connectivity index (χ0n) is 20.6. The lowest BCUT2D eigenvalue weighted by atomic mass is 10.1. The van der Waals surface area contributed by atoms with E-state index < -0.39 is 18.0 Å². The first-order chi connectivity index (χ1) is 18.5. The number of esters is 1. The van der Waals surface area contributed by atoms with E-state index in [-0.39, 0.29) is 12.3 Å². The Morgan fingerprint density at radius 2 is 1.34 bits per heavy atom. The van der Waals surface area contributed by atoms with Crippen LogP contribution >= 0.6 is 22.7 Å². The SMILES string of the molecule is CC(=O)OC(C(=O)Nc1nnc(CCCCc2nnc(NC(=O)Cc3ccccc3)s2)s1)c1ccccc1. The van der Waals surface area contributed by atoms with Crippen molar-refractivity contribution in [2.45, 2.75) is 45.1 Å². The number of carbonyl (C=O) groups is 3. The monoisotopic (exact) mass is 550 g/mol. The molecule has 0 fully saturated rings. The minimum Gasteiger partial charge on any atom is -0.447 e. The lowest BCUT2D eigenvalue weighted by molar-refractivity contribution is -0.152. The minimum atomic E-state index is -1.07. The van der Waals surface area contributed by atoms with E-state index in [4.69, 9.17) is 4.74 Å². The fraction of sp³-hybridized carbons (Fsp3) is 0.269. The number of rotatable bonds is 12. The van der Waals surface area contributed by atoms with E-state index in [9.17, 15) is 14.4 Å². The fourth-order valence-corrected chi connectivity index (χ4v) is 5.13. The average Bonchev–Trinajstić information content (AvgIpc) is 3.55. The largest absolute Gasteiger partial charge is 0.447 e. The molecule has 1 atom stereocenters. The minimum absolute atomic E-state index is 0.124. The Bertz CT molecular complexity index is 1360. The zero-order chi connectivity index (χ0) is 26.7. The summed E-state index contributed by atoms with van der Waals surface area (Å²) < 4.78 is 5.22. The molecular formula is C26H26N6O4S2. The highest BCUT2D eigenvalue weighted by molar-refractivity contribution is 7.15. The molecule has 2 N–H and O–H groups in total. The molecule has 10 nitrogen and oxygen atoms in total. The van der Waals surface area contributed by atoms with Crippen molar-refractivity contribution in [1.29, 1.82) is 0 Å². The van der Waals surface area contributed by atoms with E-state index >= 15 is 0 Å². The van der Waals surface area contributed by atoms with Crippen molar-refractivity contribution in [3.8, 4) is 0 Å². The summed E-state index contributed by atoms with van der Waals surface area (Å²) in [6.45, 7) is 1.26. The lowest BCUT2D eigenvalue weighted by Crippen LogP contribution is -2.25. The van der Waals surface area contributed by atoms with Gasteiger partial charge in [0, 0.05) is 25.3 Å². The number of nitrogens with one attached hydrogen (secondary N) is 2. The van der Waals surface area contributed by atoms with Gasteiger partial charge in [-0.1, -0.05) is 83.3 Å². The molecule has 1 unspecified atom stereocenters. The second-order valence-electron chi connectivity index (χ2n) is 8.31. The van der Waals surface area contributed by atoms with Gasteiger partial charge in [-0.25, -0.2) is 0 Å². The summed E-state index contributed by atoms with van der Waals surface area (Å²) in [4.78, 5) is 36.4. The Balaban J connectivity index is 1.20. The van der Waals surface area contributed by atoms with Crippen molar-refractivity contribution in [2.75, 3.05) is 10.6 Å². The molecule has 0 aliphatic carbocycles. The molecule has 0 aliphatic heterocycles. The number of carbonyl (C=O) groups excluding carboxylic acids is 3. The number of benzene rings is 2. The van der Waals surface area contributed by atoms with Gasteiger partial charge in [0.05, 0.1) is 6.42 Å². The molecule has 0 aliphatic rings. The summed E-state index contributed by atoms with van der Waals surface area (Å²) in [5.41, 5.74) is 1.51. The van der Waals surface area contributed by atoms with Crippen LogP contribution in [0.25, 0.3) is 0 Å². The summed E-state index contributed by atoms with van der Waals surface area (Å²) in [6, 6.07) is 18.3. The number of aryl methyl sites for hydroxylation is 2. The number of nitrogens with zero attached hydrogens (tertiary/aromatic N) is 4. The molecule has 2 aromatic carbocycles. The van der Waals surface area contributed by atoms with E-state index in [1.165, 1.54) is 29.6 Å². The van der Waals surface area contributed by atoms with E-state index in [1.54, 1.807) is 24.3 Å². The molecule has 4 rings (SSSR count). The van der Waals surface area contributed by atoms with Crippen LogP contribution in [0.5, 0.6) is 0 Å². The quantitative estimate of drug-likeness (QED) is 0.196. The molecular weight excluding hydrogens is 524 g/mol. The molecule has 0 radical (unpaired) electrons. The Morgan fingerprint density at radius 1 is 0.789 bits per heavy atom. The van der Waals surface area contributed by atoms with Crippen molar-refractivity contribution in [2.24, 2.45) is 0 Å². The molecule has 12 heteroatoms. The van der Waals surface area contributed by atoms with Crippen LogP contribution in [0.3, 0.4) is 0 Å². The lowest BCUT2D eigenvalue weighted by Gasteiger charge is -2.15. The molecule has 0 saturated carbocycles. The summed E-state index contributed by atoms with van der Waals surface area (Å²) in [5, 5.41) is 24.4. The fourth-order valence-electron chi connectivity index (χ4n) is 3.55. The summed E-state index contributed by atoms with van der Waals surface area (Å²) in [7, 11) is 0. The van der Waals surface area contributed by atoms with Crippen molar-refractivity contribution in [1.82, 2.24) is 20.4 Å². The van der Waals surface area contributed by atoms with Gasteiger partial charge in [-0.05, 0) is 18.4 Å². The number of ether oxygens (including phenoxy) is 1. The van der Waals surface area contributed by atoms with Gasteiger partial charge >= 0.3 is 5.97 Å². The highest BCUT2D eigenvalue weighted by atomic mass is 32.1. The van der Waals surface area contributed by atoms with Gasteiger partial charge in [-0.15, -0.1) is 20.4 Å². The van der Waals surface area contributed by atoms with Gasteiger partial charge in [-0.3, -0.25) is 19.7 Å². The van der Waals surface area contributed by atoms with Crippen LogP contribution in [0.2, 0.25) is 0 Å². The Kier molecular flexibility index (Phi) is 9.59. The van der Waals surface area contributed by atoms with Gasteiger partial charge in [0.1, 0.15) is 10.0 Å². The first-order valence-corrected chi connectivity index (χ1v) is 13.6. The van der Waals surface area contributed by atoms with Gasteiger partial charge in [0.15, 0.2) is 0 Å². The number of aromatic nitrogens is 4. The van der Waals surface area contributed by atoms with Crippen LogP contribution in [0.4, 0.5) is 10.3 Å². The first-order valence-electron chi connectivity index (χ1n) is 12.0. The van der Waals surface area contributed by atoms with E-state index in [1.807, 2.05) is 36.4 Å². The van der Waals surface area contributed by atoms with Crippen LogP contribution in [0.15, 0.2) is 60.7 Å². The second-order valence-corrected chi connectivity index (χ2v) is 10.4. The third-order valence-electron chi connectivity index (χ3n) is 5.27. The van der Waals surface area contributed by atoms with E-state index in [0.717, 1.165) is 34.8 Å². The predicted molar refractivity (Wildman–Crippen MR) is 145 cm³/mol. The maximum atomic E-state index is 12.7. The smallest absolute Gasteiger partial charge is 0.303 e.